The second-order valence-corrected chi connectivity index (χ2v) is 2.72. The van der Waals surface area contributed by atoms with Crippen molar-refractivity contribution in [2.45, 2.75) is 5.16 Å². The van der Waals surface area contributed by atoms with E-state index in [1.165, 1.54) is 11.8 Å². The van der Waals surface area contributed by atoms with Crippen molar-refractivity contribution in [1.82, 2.24) is 14.5 Å². The Morgan fingerprint density at radius 1 is 1.55 bits per heavy atom. The summed E-state index contributed by atoms with van der Waals surface area (Å²) in [4.78, 5) is 7.59. The first-order valence-electron chi connectivity index (χ1n) is 2.94. The molecule has 11 heavy (non-hydrogen) atoms. The molecule has 6 heteroatoms. The molecule has 0 radical (unpaired) electrons. The molecule has 60 valence electrons. The normalized spacial score (nSPS) is 10.0. The van der Waals surface area contributed by atoms with Gasteiger partial charge in [-0.1, -0.05) is 11.8 Å². The van der Waals surface area contributed by atoms with Crippen LogP contribution in [0, 0.1) is 5.41 Å². The zero-order valence-corrected chi connectivity index (χ0v) is 7.14. The van der Waals surface area contributed by atoms with Crippen LogP contribution in [0.25, 0.3) is 0 Å². The number of anilines is 1. The zero-order chi connectivity index (χ0) is 8.43. The molecule has 0 amide bonds. The third-order valence-electron chi connectivity index (χ3n) is 1.22. The molecule has 1 heterocycles. The van der Waals surface area contributed by atoms with Crippen LogP contribution in [-0.2, 0) is 7.05 Å². The molecule has 0 spiro atoms. The number of nitrogen functional groups attached to an aromatic ring is 1. The lowest BCUT2D eigenvalue weighted by molar-refractivity contribution is 0.648. The molecule has 0 aromatic carbocycles. The molecule has 3 N–H and O–H groups in total. The topological polar surface area (TPSA) is 80.6 Å². The molecule has 0 unspecified atom stereocenters. The van der Waals surface area contributed by atoms with E-state index in [9.17, 15) is 0 Å². The highest BCUT2D eigenvalue weighted by Crippen LogP contribution is 2.07. The van der Waals surface area contributed by atoms with Crippen LogP contribution in [0.15, 0.2) is 5.16 Å². The molecule has 0 fully saturated rings. The molecule has 0 aliphatic carbocycles. The van der Waals surface area contributed by atoms with Gasteiger partial charge in [-0.25, -0.2) is 0 Å². The van der Waals surface area contributed by atoms with Gasteiger partial charge in [-0.05, 0) is 6.26 Å². The molecule has 0 saturated heterocycles. The van der Waals surface area contributed by atoms with Crippen molar-refractivity contribution < 1.29 is 0 Å². The Labute approximate surface area is 68.2 Å². The predicted octanol–water partition coefficient (Wildman–Crippen LogP) is -0.401. The lowest BCUT2D eigenvalue weighted by Crippen LogP contribution is -2.24. The Bertz CT molecular complexity index is 317. The summed E-state index contributed by atoms with van der Waals surface area (Å²) in [5.74, 6) is 0.150. The maximum Gasteiger partial charge on any atom is 0.226 e. The van der Waals surface area contributed by atoms with Crippen molar-refractivity contribution in [1.29, 1.82) is 5.41 Å². The van der Waals surface area contributed by atoms with Gasteiger partial charge >= 0.3 is 0 Å². The van der Waals surface area contributed by atoms with Gasteiger partial charge in [-0.15, -0.1) is 0 Å². The second kappa shape index (κ2) is 2.91. The van der Waals surface area contributed by atoms with Gasteiger partial charge in [0, 0.05) is 7.05 Å². The molecule has 0 aliphatic heterocycles. The fourth-order valence-electron chi connectivity index (χ4n) is 0.655. The molecule has 0 bridgehead atoms. The third kappa shape index (κ3) is 1.51. The van der Waals surface area contributed by atoms with E-state index in [4.69, 9.17) is 11.1 Å². The summed E-state index contributed by atoms with van der Waals surface area (Å²) in [6, 6.07) is 0. The van der Waals surface area contributed by atoms with E-state index in [1.807, 2.05) is 6.26 Å². The molecule has 0 atom stereocenters. The molecular formula is C5H9N5S. The van der Waals surface area contributed by atoms with E-state index in [0.29, 0.717) is 5.16 Å². The molecule has 0 saturated carbocycles. The Morgan fingerprint density at radius 2 is 2.18 bits per heavy atom. The molecule has 0 aliphatic rings. The lowest BCUT2D eigenvalue weighted by Gasteiger charge is -2.03. The van der Waals surface area contributed by atoms with Gasteiger partial charge in [-0.2, -0.15) is 9.97 Å². The van der Waals surface area contributed by atoms with Crippen LogP contribution in [0.1, 0.15) is 0 Å². The summed E-state index contributed by atoms with van der Waals surface area (Å²) in [7, 11) is 1.73. The second-order valence-electron chi connectivity index (χ2n) is 1.95. The summed E-state index contributed by atoms with van der Waals surface area (Å²) in [5, 5.41) is 8.02. The number of nitrogens with zero attached hydrogens (tertiary/aromatic N) is 3. The van der Waals surface area contributed by atoms with Crippen LogP contribution in [0.2, 0.25) is 0 Å². The summed E-state index contributed by atoms with van der Waals surface area (Å²) in [6.45, 7) is 0. The summed E-state index contributed by atoms with van der Waals surface area (Å²) < 4.78 is 1.57. The van der Waals surface area contributed by atoms with E-state index < -0.39 is 0 Å². The van der Waals surface area contributed by atoms with Crippen LogP contribution in [0.5, 0.6) is 0 Å². The monoisotopic (exact) mass is 171 g/mol. The number of thioether (sulfide) groups is 1. The zero-order valence-electron chi connectivity index (χ0n) is 6.33. The fourth-order valence-corrected chi connectivity index (χ4v) is 1.20. The maximum atomic E-state index is 7.32. The summed E-state index contributed by atoms with van der Waals surface area (Å²) in [6.07, 6.45) is 1.88. The molecule has 1 aromatic heterocycles. The average Bonchev–Trinajstić information content (AvgIpc) is 1.96. The lowest BCUT2D eigenvalue weighted by atomic mass is 10.9. The van der Waals surface area contributed by atoms with Crippen LogP contribution in [0.3, 0.4) is 0 Å². The van der Waals surface area contributed by atoms with Gasteiger partial charge in [0.2, 0.25) is 11.6 Å². The smallest absolute Gasteiger partial charge is 0.226 e. The highest BCUT2D eigenvalue weighted by molar-refractivity contribution is 7.98. The highest BCUT2D eigenvalue weighted by atomic mass is 32.2. The van der Waals surface area contributed by atoms with Crippen LogP contribution in [0.4, 0.5) is 5.95 Å². The number of nitrogens with one attached hydrogen (secondary N) is 1. The SMILES string of the molecule is CSc1nc(N)nc(=N)n1C. The average molecular weight is 171 g/mol. The van der Waals surface area contributed by atoms with Crippen LogP contribution in [-0.4, -0.2) is 20.8 Å². The van der Waals surface area contributed by atoms with E-state index >= 15 is 0 Å². The van der Waals surface area contributed by atoms with Crippen molar-refractivity contribution in [3.05, 3.63) is 5.62 Å². The van der Waals surface area contributed by atoms with Gasteiger partial charge in [-0.3, -0.25) is 9.98 Å². The van der Waals surface area contributed by atoms with E-state index in [1.54, 1.807) is 11.6 Å². The Kier molecular flexibility index (Phi) is 2.13. The van der Waals surface area contributed by atoms with Crippen molar-refractivity contribution in [2.75, 3.05) is 12.0 Å². The molecule has 1 aromatic rings. The largest absolute Gasteiger partial charge is 0.368 e. The minimum absolute atomic E-state index is 0.127. The van der Waals surface area contributed by atoms with Gasteiger partial charge in [0.15, 0.2) is 5.16 Å². The summed E-state index contributed by atoms with van der Waals surface area (Å²) in [5.41, 5.74) is 5.46. The van der Waals surface area contributed by atoms with Crippen molar-refractivity contribution in [3.8, 4) is 0 Å². The number of hydrogen-bond acceptors (Lipinski definition) is 5. The van der Waals surface area contributed by atoms with E-state index in [0.717, 1.165) is 0 Å². The number of nitrogens with two attached hydrogens (primary N) is 1. The molecule has 5 nitrogen and oxygen atoms in total. The first-order chi connectivity index (χ1) is 5.15. The molecule has 1 rings (SSSR count). The van der Waals surface area contributed by atoms with Gasteiger partial charge in [0.25, 0.3) is 0 Å². The first kappa shape index (κ1) is 8.06. The van der Waals surface area contributed by atoms with Gasteiger partial charge in [0.05, 0.1) is 0 Å². The first-order valence-corrected chi connectivity index (χ1v) is 4.16. The minimum atomic E-state index is 0.127. The predicted molar refractivity (Wildman–Crippen MR) is 43.1 cm³/mol. The minimum Gasteiger partial charge on any atom is -0.368 e. The Balaban J connectivity index is 3.36. The van der Waals surface area contributed by atoms with E-state index in [-0.39, 0.29) is 11.6 Å². The Morgan fingerprint density at radius 3 is 2.73 bits per heavy atom. The standard InChI is InChI=1S/C5H9N5S/c1-10-4(7)8-3(6)9-5(10)11-2/h1-2H3,(H3,6,7,8). The van der Waals surface area contributed by atoms with Crippen molar-refractivity contribution >= 4 is 17.7 Å². The van der Waals surface area contributed by atoms with Crippen LogP contribution >= 0.6 is 11.8 Å². The fraction of sp³-hybridized carbons (Fsp3) is 0.400. The van der Waals surface area contributed by atoms with Crippen molar-refractivity contribution in [3.63, 3.8) is 0 Å². The highest BCUT2D eigenvalue weighted by Gasteiger charge is 1.99. The number of hydrogen-bond donors (Lipinski definition) is 2. The Hall–Kier alpha value is -1.04. The van der Waals surface area contributed by atoms with Gasteiger partial charge < -0.3 is 5.73 Å². The number of aromatic nitrogens is 3. The summed E-state index contributed by atoms with van der Waals surface area (Å²) >= 11 is 1.44. The van der Waals surface area contributed by atoms with Crippen molar-refractivity contribution in [2.24, 2.45) is 7.05 Å². The van der Waals surface area contributed by atoms with E-state index in [2.05, 4.69) is 9.97 Å². The quantitative estimate of drug-likeness (QED) is 0.563. The molecular weight excluding hydrogens is 162 g/mol. The number of rotatable bonds is 1. The maximum absolute atomic E-state index is 7.32. The third-order valence-corrected chi connectivity index (χ3v) is 1.95. The van der Waals surface area contributed by atoms with Gasteiger partial charge in [0.1, 0.15) is 0 Å². The van der Waals surface area contributed by atoms with Crippen LogP contribution < -0.4 is 11.4 Å².